The molecular formula is C21H36O2S2Si. The fourth-order valence-corrected chi connectivity index (χ4v) is 7.34. The number of aliphatic hydroxyl groups is 1. The fraction of sp³-hybridized carbons (Fsp3) is 0.714. The van der Waals surface area contributed by atoms with Gasteiger partial charge in [0.25, 0.3) is 0 Å². The lowest BCUT2D eigenvalue weighted by molar-refractivity contribution is 0.123. The van der Waals surface area contributed by atoms with Gasteiger partial charge in [0.15, 0.2) is 8.32 Å². The number of aliphatic hydroxyl groups excluding tert-OH is 1. The van der Waals surface area contributed by atoms with Crippen LogP contribution in [0.3, 0.4) is 0 Å². The molecule has 0 saturated carbocycles. The van der Waals surface area contributed by atoms with Crippen molar-refractivity contribution in [2.45, 2.75) is 86.1 Å². The Labute approximate surface area is 170 Å². The Morgan fingerprint density at radius 1 is 1.23 bits per heavy atom. The smallest absolute Gasteiger partial charge is 0.191 e. The Hall–Kier alpha value is 0.0569. The van der Waals surface area contributed by atoms with Crippen LogP contribution in [-0.4, -0.2) is 36.0 Å². The van der Waals surface area contributed by atoms with E-state index >= 15 is 0 Å². The molecule has 1 aliphatic rings. The molecule has 5 heteroatoms. The van der Waals surface area contributed by atoms with Gasteiger partial charge in [0.05, 0.1) is 10.2 Å². The van der Waals surface area contributed by atoms with E-state index in [1.807, 2.05) is 23.5 Å². The highest BCUT2D eigenvalue weighted by molar-refractivity contribution is 8.18. The predicted octanol–water partition coefficient (Wildman–Crippen LogP) is 6.56. The van der Waals surface area contributed by atoms with Crippen LogP contribution < -0.4 is 0 Å². The number of hydrogen-bond donors (Lipinski definition) is 1. The van der Waals surface area contributed by atoms with E-state index in [1.165, 1.54) is 29.9 Å². The van der Waals surface area contributed by atoms with Gasteiger partial charge < -0.3 is 9.53 Å². The first-order chi connectivity index (χ1) is 12.1. The van der Waals surface area contributed by atoms with E-state index in [1.54, 1.807) is 0 Å². The zero-order valence-electron chi connectivity index (χ0n) is 17.1. The molecule has 2 rings (SSSR count). The molecule has 1 N–H and O–H groups in total. The molecule has 0 aliphatic carbocycles. The van der Waals surface area contributed by atoms with Crippen LogP contribution in [0.2, 0.25) is 18.1 Å². The topological polar surface area (TPSA) is 29.5 Å². The minimum Gasteiger partial charge on any atom is -0.417 e. The molecule has 2 atom stereocenters. The second-order valence-electron chi connectivity index (χ2n) is 8.89. The summed E-state index contributed by atoms with van der Waals surface area (Å²) in [6.07, 6.45) is 5.04. The van der Waals surface area contributed by atoms with Crippen molar-refractivity contribution in [1.29, 1.82) is 0 Å². The van der Waals surface area contributed by atoms with E-state index in [4.69, 9.17) is 4.43 Å². The average Bonchev–Trinajstić information content (AvgIpc) is 2.55. The van der Waals surface area contributed by atoms with Crippen LogP contribution in [0.4, 0.5) is 0 Å². The molecule has 0 amide bonds. The Morgan fingerprint density at radius 3 is 2.50 bits per heavy atom. The predicted molar refractivity (Wildman–Crippen MR) is 120 cm³/mol. The van der Waals surface area contributed by atoms with Gasteiger partial charge in [-0.15, -0.1) is 23.5 Å². The maximum atomic E-state index is 10.8. The summed E-state index contributed by atoms with van der Waals surface area (Å²) in [5.74, 6) is 1.20. The largest absolute Gasteiger partial charge is 0.417 e. The summed E-state index contributed by atoms with van der Waals surface area (Å²) in [6, 6.07) is 10.7. The van der Waals surface area contributed by atoms with Crippen molar-refractivity contribution in [3.8, 4) is 0 Å². The summed E-state index contributed by atoms with van der Waals surface area (Å²) in [7, 11) is -1.73. The first kappa shape index (κ1) is 22.3. The van der Waals surface area contributed by atoms with Gasteiger partial charge in [0.1, 0.15) is 0 Å². The van der Waals surface area contributed by atoms with E-state index in [2.05, 4.69) is 64.2 Å². The normalized spacial score (nSPS) is 23.0. The van der Waals surface area contributed by atoms with Gasteiger partial charge >= 0.3 is 0 Å². The van der Waals surface area contributed by atoms with Gasteiger partial charge in [0, 0.05) is 11.5 Å². The second kappa shape index (κ2) is 9.51. The standard InChI is InChI=1S/C21H36O2S2Si/c1-20(2,3)26(4,5)23-15-13-18(22)17-21(14-9-10-16-24-21)25-19-11-7-6-8-12-19/h6-8,11-12,18,22H,9-10,13-17H2,1-5H3/t18-,21+/m1/s1. The molecule has 1 fully saturated rings. The molecule has 0 bridgehead atoms. The van der Waals surface area contributed by atoms with E-state index in [9.17, 15) is 5.11 Å². The van der Waals surface area contributed by atoms with E-state index in [0.29, 0.717) is 6.61 Å². The summed E-state index contributed by atoms with van der Waals surface area (Å²) in [6.45, 7) is 12.0. The number of benzene rings is 1. The van der Waals surface area contributed by atoms with Crippen molar-refractivity contribution in [3.05, 3.63) is 30.3 Å². The number of rotatable bonds is 8. The van der Waals surface area contributed by atoms with Gasteiger partial charge in [-0.05, 0) is 61.7 Å². The Bertz CT molecular complexity index is 537. The van der Waals surface area contributed by atoms with E-state index in [0.717, 1.165) is 12.8 Å². The molecule has 148 valence electrons. The second-order valence-corrected chi connectivity index (χ2v) is 16.9. The van der Waals surface area contributed by atoms with Crippen LogP contribution in [-0.2, 0) is 4.43 Å². The maximum Gasteiger partial charge on any atom is 0.191 e. The van der Waals surface area contributed by atoms with Crippen LogP contribution in [0.1, 0.15) is 52.9 Å². The van der Waals surface area contributed by atoms with Gasteiger partial charge in [-0.1, -0.05) is 45.4 Å². The van der Waals surface area contributed by atoms with Crippen LogP contribution in [0.15, 0.2) is 35.2 Å². The minimum atomic E-state index is -1.73. The van der Waals surface area contributed by atoms with Gasteiger partial charge in [-0.3, -0.25) is 0 Å². The highest BCUT2D eigenvalue weighted by atomic mass is 32.2. The lowest BCUT2D eigenvalue weighted by Gasteiger charge is -2.38. The molecule has 1 saturated heterocycles. The first-order valence-electron chi connectivity index (χ1n) is 9.84. The molecule has 1 aromatic carbocycles. The first-order valence-corrected chi connectivity index (χ1v) is 14.5. The molecule has 0 unspecified atom stereocenters. The SMILES string of the molecule is CC(C)(C)[Si](C)(C)OCC[C@@H](O)C[C@@]1(Sc2ccccc2)CCCCS1. The Balaban J connectivity index is 1.91. The Kier molecular flexibility index (Phi) is 8.17. The number of hydrogen-bond acceptors (Lipinski definition) is 4. The van der Waals surface area contributed by atoms with Crippen molar-refractivity contribution in [1.82, 2.24) is 0 Å². The summed E-state index contributed by atoms with van der Waals surface area (Å²) in [4.78, 5) is 1.31. The summed E-state index contributed by atoms with van der Waals surface area (Å²) >= 11 is 4.00. The summed E-state index contributed by atoms with van der Waals surface area (Å²) in [5, 5.41) is 11.0. The van der Waals surface area contributed by atoms with Gasteiger partial charge in [0.2, 0.25) is 0 Å². The van der Waals surface area contributed by atoms with Crippen LogP contribution >= 0.6 is 23.5 Å². The molecule has 0 radical (unpaired) electrons. The molecule has 2 nitrogen and oxygen atoms in total. The van der Waals surface area contributed by atoms with Crippen molar-refractivity contribution in [3.63, 3.8) is 0 Å². The van der Waals surface area contributed by atoms with Crippen molar-refractivity contribution in [2.24, 2.45) is 0 Å². The van der Waals surface area contributed by atoms with E-state index in [-0.39, 0.29) is 15.2 Å². The van der Waals surface area contributed by atoms with Crippen LogP contribution in [0.5, 0.6) is 0 Å². The molecule has 0 aromatic heterocycles. The molecule has 1 heterocycles. The maximum absolute atomic E-state index is 10.8. The molecule has 26 heavy (non-hydrogen) atoms. The minimum absolute atomic E-state index is 0.107. The third-order valence-corrected chi connectivity index (χ3v) is 13.4. The quantitative estimate of drug-likeness (QED) is 0.490. The van der Waals surface area contributed by atoms with Crippen LogP contribution in [0.25, 0.3) is 0 Å². The number of thioether (sulfide) groups is 2. The zero-order valence-corrected chi connectivity index (χ0v) is 19.7. The lowest BCUT2D eigenvalue weighted by Crippen LogP contribution is -2.41. The van der Waals surface area contributed by atoms with Crippen LogP contribution in [0, 0.1) is 0 Å². The molecular weight excluding hydrogens is 376 g/mol. The fourth-order valence-electron chi connectivity index (χ4n) is 2.94. The highest BCUT2D eigenvalue weighted by Gasteiger charge is 2.38. The van der Waals surface area contributed by atoms with Gasteiger partial charge in [-0.2, -0.15) is 0 Å². The lowest BCUT2D eigenvalue weighted by atomic mass is 10.1. The molecule has 1 aromatic rings. The van der Waals surface area contributed by atoms with Crippen molar-refractivity contribution < 1.29 is 9.53 Å². The Morgan fingerprint density at radius 2 is 1.92 bits per heavy atom. The average molecular weight is 413 g/mol. The van der Waals surface area contributed by atoms with Crippen molar-refractivity contribution in [2.75, 3.05) is 12.4 Å². The van der Waals surface area contributed by atoms with Crippen molar-refractivity contribution >= 4 is 31.8 Å². The third-order valence-electron chi connectivity index (χ3n) is 5.63. The zero-order chi connectivity index (χ0) is 19.3. The molecule has 0 spiro atoms. The third kappa shape index (κ3) is 6.59. The van der Waals surface area contributed by atoms with E-state index < -0.39 is 8.32 Å². The monoisotopic (exact) mass is 412 g/mol. The summed E-state index contributed by atoms with van der Waals surface area (Å²) in [5.41, 5.74) is 0. The van der Waals surface area contributed by atoms with Gasteiger partial charge in [-0.25, -0.2) is 0 Å². The molecule has 1 aliphatic heterocycles. The summed E-state index contributed by atoms with van der Waals surface area (Å²) < 4.78 is 6.38. The highest BCUT2D eigenvalue weighted by Crippen LogP contribution is 2.51.